The molecule has 1 amide bonds. The maximum Gasteiger partial charge on any atom is 0.270 e. The molecule has 0 saturated carbocycles. The van der Waals surface area contributed by atoms with Crippen LogP contribution in [0.4, 0.5) is 11.5 Å². The smallest absolute Gasteiger partial charge is 0.270 e. The summed E-state index contributed by atoms with van der Waals surface area (Å²) < 4.78 is 0. The fourth-order valence-electron chi connectivity index (χ4n) is 3.68. The molecule has 1 saturated heterocycles. The normalized spacial score (nSPS) is 14.2. The monoisotopic (exact) mass is 401 g/mol. The fraction of sp³-hybridized carbons (Fsp3) is 0.227. The van der Waals surface area contributed by atoms with Crippen molar-refractivity contribution in [3.05, 3.63) is 75.8 Å². The number of nitriles is 1. The molecule has 0 unspecified atom stereocenters. The van der Waals surface area contributed by atoms with Gasteiger partial charge in [0.1, 0.15) is 5.82 Å². The van der Waals surface area contributed by atoms with E-state index >= 15 is 0 Å². The first-order valence-electron chi connectivity index (χ1n) is 9.65. The van der Waals surface area contributed by atoms with Crippen LogP contribution in [0.3, 0.4) is 0 Å². The maximum atomic E-state index is 12.8. The number of non-ortho nitro benzene ring substituents is 1. The highest BCUT2D eigenvalue weighted by molar-refractivity contribution is 5.94. The van der Waals surface area contributed by atoms with E-state index in [1.807, 2.05) is 35.2 Å². The second-order valence-electron chi connectivity index (χ2n) is 7.10. The zero-order valence-electron chi connectivity index (χ0n) is 16.2. The number of benzene rings is 2. The second-order valence-corrected chi connectivity index (χ2v) is 7.10. The molecule has 1 aliphatic heterocycles. The number of hydrogen-bond donors (Lipinski definition) is 0. The lowest BCUT2D eigenvalue weighted by Crippen LogP contribution is -2.35. The lowest BCUT2D eigenvalue weighted by atomic mass is 10.1. The van der Waals surface area contributed by atoms with Crippen LogP contribution in [-0.2, 0) is 0 Å². The van der Waals surface area contributed by atoms with Crippen molar-refractivity contribution in [3.63, 3.8) is 0 Å². The van der Waals surface area contributed by atoms with Crippen LogP contribution in [0.5, 0.6) is 0 Å². The first kappa shape index (κ1) is 19.3. The van der Waals surface area contributed by atoms with E-state index in [0.29, 0.717) is 54.0 Å². The van der Waals surface area contributed by atoms with Crippen molar-refractivity contribution in [2.45, 2.75) is 6.42 Å². The van der Waals surface area contributed by atoms with Gasteiger partial charge in [-0.05, 0) is 30.7 Å². The van der Waals surface area contributed by atoms with Crippen LogP contribution in [0, 0.1) is 21.4 Å². The van der Waals surface area contributed by atoms with Gasteiger partial charge in [-0.3, -0.25) is 14.9 Å². The van der Waals surface area contributed by atoms with Crippen LogP contribution in [-0.4, -0.2) is 46.9 Å². The average molecular weight is 401 g/mol. The van der Waals surface area contributed by atoms with Crippen LogP contribution >= 0.6 is 0 Å². The number of fused-ring (bicyclic) bond motifs is 1. The quantitative estimate of drug-likeness (QED) is 0.492. The zero-order chi connectivity index (χ0) is 21.1. The van der Waals surface area contributed by atoms with E-state index in [4.69, 9.17) is 0 Å². The predicted octanol–water partition coefficient (Wildman–Crippen LogP) is 3.37. The summed E-state index contributed by atoms with van der Waals surface area (Å²) in [6.45, 7) is 2.49. The number of nitro groups is 1. The van der Waals surface area contributed by atoms with Crippen molar-refractivity contribution in [2.24, 2.45) is 0 Å². The first-order chi connectivity index (χ1) is 14.6. The van der Waals surface area contributed by atoms with Gasteiger partial charge in [-0.15, -0.1) is 0 Å². The number of amides is 1. The van der Waals surface area contributed by atoms with E-state index in [-0.39, 0.29) is 11.6 Å². The molecule has 1 aliphatic rings. The Morgan fingerprint density at radius 1 is 1.07 bits per heavy atom. The van der Waals surface area contributed by atoms with Gasteiger partial charge in [0, 0.05) is 49.3 Å². The highest BCUT2D eigenvalue weighted by Crippen LogP contribution is 2.27. The molecule has 30 heavy (non-hydrogen) atoms. The molecule has 2 heterocycles. The molecule has 0 aliphatic carbocycles. The van der Waals surface area contributed by atoms with E-state index in [0.717, 1.165) is 6.42 Å². The highest BCUT2D eigenvalue weighted by atomic mass is 16.6. The number of rotatable bonds is 3. The Bertz CT molecular complexity index is 1160. The van der Waals surface area contributed by atoms with E-state index in [9.17, 15) is 20.2 Å². The topological polar surface area (TPSA) is 103 Å². The predicted molar refractivity (Wildman–Crippen MR) is 112 cm³/mol. The Morgan fingerprint density at radius 2 is 1.87 bits per heavy atom. The summed E-state index contributed by atoms with van der Waals surface area (Å²) in [4.78, 5) is 31.8. The van der Waals surface area contributed by atoms with Crippen molar-refractivity contribution in [3.8, 4) is 6.07 Å². The van der Waals surface area contributed by atoms with Gasteiger partial charge in [-0.2, -0.15) is 5.26 Å². The van der Waals surface area contributed by atoms with Crippen molar-refractivity contribution >= 4 is 28.3 Å². The van der Waals surface area contributed by atoms with Crippen LogP contribution in [0.2, 0.25) is 0 Å². The number of carbonyl (C=O) groups is 1. The molecular formula is C22H19N5O3. The molecule has 0 radical (unpaired) electrons. The molecule has 1 aromatic heterocycles. The number of aromatic nitrogens is 1. The van der Waals surface area contributed by atoms with Crippen molar-refractivity contribution in [2.75, 3.05) is 31.1 Å². The lowest BCUT2D eigenvalue weighted by molar-refractivity contribution is -0.384. The standard InChI is InChI=1S/C22H19N5O3/c23-15-17-13-21(24-20-8-7-18(27(29)30)14-19(17)20)25-9-4-10-26(12-11-25)22(28)16-5-2-1-3-6-16/h1-3,5-8,13-14H,4,9-12H2. The molecule has 0 N–H and O–H groups in total. The minimum absolute atomic E-state index is 0.00828. The molecule has 0 atom stereocenters. The van der Waals surface area contributed by atoms with Crippen molar-refractivity contribution < 1.29 is 9.72 Å². The number of anilines is 1. The Labute approximate surface area is 173 Å². The molecule has 3 aromatic rings. The summed E-state index contributed by atoms with van der Waals surface area (Å²) in [7, 11) is 0. The van der Waals surface area contributed by atoms with Gasteiger partial charge in [0.2, 0.25) is 0 Å². The number of nitrogens with zero attached hydrogens (tertiary/aromatic N) is 5. The molecule has 2 aromatic carbocycles. The molecule has 8 nitrogen and oxygen atoms in total. The van der Waals surface area contributed by atoms with E-state index in [1.54, 1.807) is 12.1 Å². The molecular weight excluding hydrogens is 382 g/mol. The Kier molecular flexibility index (Phi) is 5.26. The van der Waals surface area contributed by atoms with Gasteiger partial charge >= 0.3 is 0 Å². The van der Waals surface area contributed by atoms with Crippen LogP contribution in [0.1, 0.15) is 22.3 Å². The third-order valence-electron chi connectivity index (χ3n) is 5.24. The van der Waals surface area contributed by atoms with E-state index < -0.39 is 4.92 Å². The largest absolute Gasteiger partial charge is 0.355 e. The van der Waals surface area contributed by atoms with Gasteiger partial charge in [0.05, 0.1) is 22.1 Å². The minimum Gasteiger partial charge on any atom is -0.355 e. The van der Waals surface area contributed by atoms with Crippen molar-refractivity contribution in [1.29, 1.82) is 5.26 Å². The SMILES string of the molecule is N#Cc1cc(N2CCCN(C(=O)c3ccccc3)CC2)nc2ccc([N+](=O)[O-])cc12. The Balaban J connectivity index is 1.58. The van der Waals surface area contributed by atoms with Gasteiger partial charge in [-0.1, -0.05) is 18.2 Å². The molecule has 150 valence electrons. The van der Waals surface area contributed by atoms with Gasteiger partial charge in [0.25, 0.3) is 11.6 Å². The average Bonchev–Trinajstić information content (AvgIpc) is 3.04. The summed E-state index contributed by atoms with van der Waals surface area (Å²) in [5.41, 5.74) is 1.48. The van der Waals surface area contributed by atoms with E-state index in [2.05, 4.69) is 16.0 Å². The molecule has 4 rings (SSSR count). The summed E-state index contributed by atoms with van der Waals surface area (Å²) in [5, 5.41) is 21.1. The number of nitro benzene ring substituents is 1. The number of pyridine rings is 1. The molecule has 0 spiro atoms. The summed E-state index contributed by atoms with van der Waals surface area (Å²) in [6.07, 6.45) is 0.778. The van der Waals surface area contributed by atoms with E-state index in [1.165, 1.54) is 12.1 Å². The van der Waals surface area contributed by atoms with Gasteiger partial charge in [0.15, 0.2) is 0 Å². The zero-order valence-corrected chi connectivity index (χ0v) is 16.2. The minimum atomic E-state index is -0.484. The summed E-state index contributed by atoms with van der Waals surface area (Å²) in [6, 6.07) is 17.4. The molecule has 1 fully saturated rings. The highest BCUT2D eigenvalue weighted by Gasteiger charge is 2.22. The summed E-state index contributed by atoms with van der Waals surface area (Å²) >= 11 is 0. The van der Waals surface area contributed by atoms with Crippen LogP contribution in [0.15, 0.2) is 54.6 Å². The maximum absolute atomic E-state index is 12.8. The number of hydrogen-bond acceptors (Lipinski definition) is 6. The number of carbonyl (C=O) groups excluding carboxylic acids is 1. The fourth-order valence-corrected chi connectivity index (χ4v) is 3.68. The second kappa shape index (κ2) is 8.17. The summed E-state index contributed by atoms with van der Waals surface area (Å²) in [5.74, 6) is 0.649. The third kappa shape index (κ3) is 3.78. The first-order valence-corrected chi connectivity index (χ1v) is 9.65. The molecule has 0 bridgehead atoms. The van der Waals surface area contributed by atoms with Crippen LogP contribution in [0.25, 0.3) is 10.9 Å². The lowest BCUT2D eigenvalue weighted by Gasteiger charge is -2.23. The Morgan fingerprint density at radius 3 is 2.60 bits per heavy atom. The third-order valence-corrected chi connectivity index (χ3v) is 5.24. The molecule has 8 heteroatoms. The van der Waals surface area contributed by atoms with Gasteiger partial charge in [-0.25, -0.2) is 4.98 Å². The van der Waals surface area contributed by atoms with Crippen molar-refractivity contribution in [1.82, 2.24) is 9.88 Å². The Hall–Kier alpha value is -3.99. The van der Waals surface area contributed by atoms with Gasteiger partial charge < -0.3 is 9.80 Å². The van der Waals surface area contributed by atoms with Crippen LogP contribution < -0.4 is 4.90 Å².